The Bertz CT molecular complexity index is 1100. The van der Waals surface area contributed by atoms with Crippen LogP contribution >= 0.6 is 0 Å². The van der Waals surface area contributed by atoms with Gasteiger partial charge < -0.3 is 15.0 Å². The molecule has 192 valence electrons. The van der Waals surface area contributed by atoms with Crippen LogP contribution in [0.15, 0.2) is 48.5 Å². The number of methoxy groups -OCH3 is 1. The first kappa shape index (κ1) is 28.2. The predicted molar refractivity (Wildman–Crippen MR) is 139 cm³/mol. The number of carbonyl (C=O) groups excluding carboxylic acids is 2. The average molecular weight is 504 g/mol. The number of anilines is 1. The van der Waals surface area contributed by atoms with E-state index in [-0.39, 0.29) is 18.5 Å². The number of nitrogens with one attached hydrogen (secondary N) is 1. The number of rotatable bonds is 12. The molecule has 0 unspecified atom stereocenters. The number of hydrogen-bond acceptors (Lipinski definition) is 5. The number of amides is 2. The normalized spacial score (nSPS) is 13.0. The topological polar surface area (TPSA) is 96.0 Å². The van der Waals surface area contributed by atoms with Crippen molar-refractivity contribution in [2.45, 2.75) is 59.2 Å². The maximum atomic E-state index is 13.7. The lowest BCUT2D eigenvalue weighted by Crippen LogP contribution is -2.53. The quantitative estimate of drug-likeness (QED) is 0.478. The SMILES string of the molecule is CC[C@H](C(=O)N[C@@H](C)CC)N(Cc1ccc(C)cc1)C(=O)CN(c1cccc(OC)c1)S(C)(=O)=O. The van der Waals surface area contributed by atoms with E-state index in [4.69, 9.17) is 4.74 Å². The van der Waals surface area contributed by atoms with E-state index < -0.39 is 28.5 Å². The van der Waals surface area contributed by atoms with Gasteiger partial charge in [0, 0.05) is 18.7 Å². The lowest BCUT2D eigenvalue weighted by Gasteiger charge is -2.33. The minimum Gasteiger partial charge on any atom is -0.497 e. The van der Waals surface area contributed by atoms with Crippen LogP contribution in [0.4, 0.5) is 5.69 Å². The summed E-state index contributed by atoms with van der Waals surface area (Å²) in [6.45, 7) is 7.43. The molecule has 2 aromatic rings. The first-order valence-electron chi connectivity index (χ1n) is 11.8. The third-order valence-electron chi connectivity index (χ3n) is 5.88. The van der Waals surface area contributed by atoms with Crippen molar-refractivity contribution in [3.05, 3.63) is 59.7 Å². The van der Waals surface area contributed by atoms with Gasteiger partial charge >= 0.3 is 0 Å². The molecule has 0 aliphatic heterocycles. The third kappa shape index (κ3) is 7.99. The van der Waals surface area contributed by atoms with Crippen LogP contribution in [0.25, 0.3) is 0 Å². The Morgan fingerprint density at radius 3 is 2.26 bits per heavy atom. The number of nitrogens with zero attached hydrogens (tertiary/aromatic N) is 2. The number of ether oxygens (including phenoxy) is 1. The highest BCUT2D eigenvalue weighted by atomic mass is 32.2. The summed E-state index contributed by atoms with van der Waals surface area (Å²) in [7, 11) is -2.31. The van der Waals surface area contributed by atoms with Gasteiger partial charge in [-0.2, -0.15) is 0 Å². The van der Waals surface area contributed by atoms with Crippen molar-refractivity contribution in [1.82, 2.24) is 10.2 Å². The summed E-state index contributed by atoms with van der Waals surface area (Å²) < 4.78 is 31.6. The minimum absolute atomic E-state index is 0.0443. The van der Waals surface area contributed by atoms with Crippen molar-refractivity contribution < 1.29 is 22.7 Å². The predicted octanol–water partition coefficient (Wildman–Crippen LogP) is 3.49. The summed E-state index contributed by atoms with van der Waals surface area (Å²) >= 11 is 0. The van der Waals surface area contributed by atoms with Gasteiger partial charge in [0.1, 0.15) is 18.3 Å². The summed E-state index contributed by atoms with van der Waals surface area (Å²) in [6.07, 6.45) is 2.20. The molecule has 0 heterocycles. The van der Waals surface area contributed by atoms with Crippen molar-refractivity contribution in [2.24, 2.45) is 0 Å². The van der Waals surface area contributed by atoms with Crippen molar-refractivity contribution in [2.75, 3.05) is 24.2 Å². The summed E-state index contributed by atoms with van der Waals surface area (Å²) in [5.41, 5.74) is 2.24. The average Bonchev–Trinajstić information content (AvgIpc) is 2.82. The van der Waals surface area contributed by atoms with Crippen LogP contribution in [-0.4, -0.2) is 57.1 Å². The molecule has 9 heteroatoms. The first-order valence-corrected chi connectivity index (χ1v) is 13.6. The van der Waals surface area contributed by atoms with Crippen molar-refractivity contribution in [3.8, 4) is 5.75 Å². The van der Waals surface area contributed by atoms with Crippen LogP contribution < -0.4 is 14.4 Å². The molecule has 2 amide bonds. The molecule has 2 atom stereocenters. The van der Waals surface area contributed by atoms with E-state index in [9.17, 15) is 18.0 Å². The molecular formula is C26H37N3O5S. The first-order chi connectivity index (χ1) is 16.5. The molecule has 8 nitrogen and oxygen atoms in total. The molecule has 1 N–H and O–H groups in total. The summed E-state index contributed by atoms with van der Waals surface area (Å²) in [5, 5.41) is 2.96. The summed E-state index contributed by atoms with van der Waals surface area (Å²) in [4.78, 5) is 28.3. The molecule has 0 aliphatic rings. The Kier molecular flexibility index (Phi) is 10.1. The number of sulfonamides is 1. The maximum absolute atomic E-state index is 13.7. The molecule has 0 saturated heterocycles. The van der Waals surface area contributed by atoms with Gasteiger partial charge in [-0.1, -0.05) is 49.7 Å². The second kappa shape index (κ2) is 12.6. The van der Waals surface area contributed by atoms with Gasteiger partial charge in [0.05, 0.1) is 19.1 Å². The Hall–Kier alpha value is -3.07. The molecule has 0 bridgehead atoms. The second-order valence-electron chi connectivity index (χ2n) is 8.72. The van der Waals surface area contributed by atoms with Gasteiger partial charge in [-0.15, -0.1) is 0 Å². The number of benzene rings is 2. The Balaban J connectivity index is 2.44. The van der Waals surface area contributed by atoms with Gasteiger partial charge in [-0.3, -0.25) is 13.9 Å². The van der Waals surface area contributed by atoms with Gasteiger partial charge in [0.25, 0.3) is 0 Å². The molecule has 2 rings (SSSR count). The van der Waals surface area contributed by atoms with Crippen LogP contribution in [0.1, 0.15) is 44.7 Å². The van der Waals surface area contributed by atoms with Crippen LogP contribution in [0, 0.1) is 6.92 Å². The standard InChI is InChI=1S/C26H37N3O5S/c1-7-20(4)27-26(31)24(8-2)28(17-21-14-12-19(3)13-15-21)25(30)18-29(35(6,32)33)22-10-9-11-23(16-22)34-5/h9-16,20,24H,7-8,17-18H2,1-6H3,(H,27,31)/t20-,24+/m0/s1. The number of carbonyl (C=O) groups is 2. The number of aryl methyl sites for hydroxylation is 1. The monoisotopic (exact) mass is 503 g/mol. The zero-order chi connectivity index (χ0) is 26.2. The lowest BCUT2D eigenvalue weighted by molar-refractivity contribution is -0.140. The smallest absolute Gasteiger partial charge is 0.244 e. The summed E-state index contributed by atoms with van der Waals surface area (Å²) in [6, 6.07) is 13.4. The van der Waals surface area contributed by atoms with Gasteiger partial charge in [-0.05, 0) is 44.4 Å². The fourth-order valence-electron chi connectivity index (χ4n) is 3.63. The summed E-state index contributed by atoms with van der Waals surface area (Å²) in [5.74, 6) is -0.251. The molecule has 0 aromatic heterocycles. The minimum atomic E-state index is -3.80. The Labute approximate surface area is 209 Å². The van der Waals surface area contributed by atoms with Crippen molar-refractivity contribution >= 4 is 27.5 Å². The van der Waals surface area contributed by atoms with Crippen LogP contribution in [-0.2, 0) is 26.2 Å². The molecule has 0 aliphatic carbocycles. The van der Waals surface area contributed by atoms with E-state index in [0.717, 1.165) is 28.1 Å². The third-order valence-corrected chi connectivity index (χ3v) is 7.02. The van der Waals surface area contributed by atoms with Crippen molar-refractivity contribution in [1.29, 1.82) is 0 Å². The highest BCUT2D eigenvalue weighted by Gasteiger charge is 2.32. The fourth-order valence-corrected chi connectivity index (χ4v) is 4.47. The van der Waals surface area contributed by atoms with E-state index in [2.05, 4.69) is 5.32 Å². The second-order valence-corrected chi connectivity index (χ2v) is 10.6. The maximum Gasteiger partial charge on any atom is 0.244 e. The van der Waals surface area contributed by atoms with E-state index >= 15 is 0 Å². The zero-order valence-corrected chi connectivity index (χ0v) is 22.3. The molecule has 0 fully saturated rings. The Morgan fingerprint density at radius 1 is 1.06 bits per heavy atom. The van der Waals surface area contributed by atoms with Crippen molar-refractivity contribution in [3.63, 3.8) is 0 Å². The van der Waals surface area contributed by atoms with E-state index in [0.29, 0.717) is 17.9 Å². The fraction of sp³-hybridized carbons (Fsp3) is 0.462. The molecule has 2 aromatic carbocycles. The van der Waals surface area contributed by atoms with E-state index in [1.807, 2.05) is 52.0 Å². The largest absolute Gasteiger partial charge is 0.497 e. The highest BCUT2D eigenvalue weighted by molar-refractivity contribution is 7.92. The molecule has 35 heavy (non-hydrogen) atoms. The molecule has 0 radical (unpaired) electrons. The van der Waals surface area contributed by atoms with Crippen LogP contribution in [0.5, 0.6) is 5.75 Å². The van der Waals surface area contributed by atoms with Gasteiger partial charge in [-0.25, -0.2) is 8.42 Å². The number of hydrogen-bond donors (Lipinski definition) is 1. The molecular weight excluding hydrogens is 466 g/mol. The van der Waals surface area contributed by atoms with Crippen LogP contribution in [0.2, 0.25) is 0 Å². The van der Waals surface area contributed by atoms with Gasteiger partial charge in [0.15, 0.2) is 0 Å². The van der Waals surface area contributed by atoms with Crippen LogP contribution in [0.3, 0.4) is 0 Å². The van der Waals surface area contributed by atoms with E-state index in [1.54, 1.807) is 24.3 Å². The molecule has 0 spiro atoms. The highest BCUT2D eigenvalue weighted by Crippen LogP contribution is 2.24. The molecule has 0 saturated carbocycles. The van der Waals surface area contributed by atoms with Gasteiger partial charge in [0.2, 0.25) is 21.8 Å². The zero-order valence-electron chi connectivity index (χ0n) is 21.4. The van der Waals surface area contributed by atoms with E-state index in [1.165, 1.54) is 12.0 Å². The Morgan fingerprint density at radius 2 is 1.71 bits per heavy atom. The lowest BCUT2D eigenvalue weighted by atomic mass is 10.1.